The Morgan fingerprint density at radius 3 is 2.50 bits per heavy atom. The Morgan fingerprint density at radius 1 is 1.27 bits per heavy atom. The first-order valence-corrected chi connectivity index (χ1v) is 9.05. The van der Waals surface area contributed by atoms with Gasteiger partial charge in [0.05, 0.1) is 4.88 Å². The van der Waals surface area contributed by atoms with Crippen molar-refractivity contribution in [3.8, 4) is 0 Å². The van der Waals surface area contributed by atoms with Crippen molar-refractivity contribution < 1.29 is 9.59 Å². The molecular weight excluding hydrogens is 296 g/mol. The molecule has 2 aliphatic rings. The monoisotopic (exact) mass is 320 g/mol. The van der Waals surface area contributed by atoms with Gasteiger partial charge in [-0.1, -0.05) is 6.07 Å². The van der Waals surface area contributed by atoms with Gasteiger partial charge in [-0.05, 0) is 50.0 Å². The minimum atomic E-state index is 0.0820. The van der Waals surface area contributed by atoms with E-state index in [-0.39, 0.29) is 17.7 Å². The van der Waals surface area contributed by atoms with Gasteiger partial charge >= 0.3 is 0 Å². The molecule has 0 spiro atoms. The van der Waals surface area contributed by atoms with E-state index in [2.05, 4.69) is 6.92 Å². The maximum Gasteiger partial charge on any atom is 0.263 e. The fourth-order valence-corrected chi connectivity index (χ4v) is 3.96. The van der Waals surface area contributed by atoms with E-state index in [1.165, 1.54) is 24.2 Å². The van der Waals surface area contributed by atoms with Gasteiger partial charge in [-0.15, -0.1) is 11.3 Å². The molecule has 1 saturated heterocycles. The van der Waals surface area contributed by atoms with Gasteiger partial charge in [0.2, 0.25) is 5.91 Å². The molecule has 22 heavy (non-hydrogen) atoms. The smallest absolute Gasteiger partial charge is 0.263 e. The summed E-state index contributed by atoms with van der Waals surface area (Å²) in [4.78, 5) is 29.5. The van der Waals surface area contributed by atoms with E-state index in [9.17, 15) is 9.59 Å². The van der Waals surface area contributed by atoms with Crippen LogP contribution in [0.1, 0.15) is 42.3 Å². The molecule has 2 fully saturated rings. The second-order valence-electron chi connectivity index (χ2n) is 6.57. The number of amides is 2. The van der Waals surface area contributed by atoms with Crippen molar-refractivity contribution in [3.05, 3.63) is 22.4 Å². The number of nitrogens with zero attached hydrogens (tertiary/aromatic N) is 2. The maximum atomic E-state index is 12.6. The molecule has 4 nitrogen and oxygen atoms in total. The van der Waals surface area contributed by atoms with Crippen LogP contribution in [0.5, 0.6) is 0 Å². The molecule has 5 heteroatoms. The molecule has 1 aromatic heterocycles. The molecule has 1 aromatic rings. The highest BCUT2D eigenvalue weighted by Crippen LogP contribution is 2.35. The predicted molar refractivity (Wildman–Crippen MR) is 87.9 cm³/mol. The molecule has 0 N–H and O–H groups in total. The van der Waals surface area contributed by atoms with Crippen LogP contribution in [0.4, 0.5) is 0 Å². The molecule has 1 unspecified atom stereocenters. The Morgan fingerprint density at radius 2 is 1.95 bits per heavy atom. The second kappa shape index (κ2) is 6.41. The predicted octanol–water partition coefficient (Wildman–Crippen LogP) is 2.86. The normalized spacial score (nSPS) is 20.7. The third-order valence-electron chi connectivity index (χ3n) is 5.13. The number of piperidine rings is 1. The number of carbonyl (C=O) groups is 2. The average Bonchev–Trinajstić information content (AvgIpc) is 3.26. The molecule has 3 rings (SSSR count). The number of hydrogen-bond acceptors (Lipinski definition) is 3. The van der Waals surface area contributed by atoms with E-state index in [0.717, 1.165) is 17.7 Å². The minimum Gasteiger partial charge on any atom is -0.343 e. The van der Waals surface area contributed by atoms with Crippen LogP contribution in [-0.2, 0) is 4.79 Å². The lowest BCUT2D eigenvalue weighted by Gasteiger charge is -2.35. The SMILES string of the molecule is CC(C1CC1)N(C)C(=O)C1CCN(C(=O)c2cccs2)CC1. The zero-order chi connectivity index (χ0) is 15.7. The molecular formula is C17H24N2O2S. The summed E-state index contributed by atoms with van der Waals surface area (Å²) in [6.45, 7) is 3.54. The third kappa shape index (κ3) is 3.19. The van der Waals surface area contributed by atoms with Crippen LogP contribution in [-0.4, -0.2) is 47.8 Å². The highest BCUT2D eigenvalue weighted by Gasteiger charge is 2.36. The summed E-state index contributed by atoms with van der Waals surface area (Å²) in [5, 5.41) is 1.93. The van der Waals surface area contributed by atoms with Gasteiger partial charge < -0.3 is 9.80 Å². The Hall–Kier alpha value is -1.36. The summed E-state index contributed by atoms with van der Waals surface area (Å²) in [6, 6.07) is 4.14. The molecule has 2 amide bonds. The maximum absolute atomic E-state index is 12.6. The van der Waals surface area contributed by atoms with Crippen molar-refractivity contribution >= 4 is 23.2 Å². The van der Waals surface area contributed by atoms with Crippen molar-refractivity contribution in [3.63, 3.8) is 0 Å². The van der Waals surface area contributed by atoms with Crippen molar-refractivity contribution in [2.24, 2.45) is 11.8 Å². The van der Waals surface area contributed by atoms with Crippen molar-refractivity contribution in [2.75, 3.05) is 20.1 Å². The molecule has 120 valence electrons. The summed E-state index contributed by atoms with van der Waals surface area (Å²) < 4.78 is 0. The molecule has 2 heterocycles. The molecule has 1 saturated carbocycles. The van der Waals surface area contributed by atoms with Crippen molar-refractivity contribution in [2.45, 2.75) is 38.6 Å². The Labute approximate surface area is 136 Å². The molecule has 0 aromatic carbocycles. The number of carbonyl (C=O) groups excluding carboxylic acids is 2. The third-order valence-corrected chi connectivity index (χ3v) is 5.98. The number of hydrogen-bond donors (Lipinski definition) is 0. The van der Waals surface area contributed by atoms with Crippen molar-refractivity contribution in [1.29, 1.82) is 0 Å². The fraction of sp³-hybridized carbons (Fsp3) is 0.647. The second-order valence-corrected chi connectivity index (χ2v) is 7.52. The summed E-state index contributed by atoms with van der Waals surface area (Å²) in [5.74, 6) is 1.16. The Balaban J connectivity index is 1.52. The number of thiophene rings is 1. The molecule has 1 aliphatic carbocycles. The van der Waals surface area contributed by atoms with Gasteiger partial charge in [0, 0.05) is 32.1 Å². The van der Waals surface area contributed by atoms with Crippen LogP contribution < -0.4 is 0 Å². The largest absolute Gasteiger partial charge is 0.343 e. The molecule has 0 radical (unpaired) electrons. The van der Waals surface area contributed by atoms with Gasteiger partial charge in [0.15, 0.2) is 0 Å². The zero-order valence-electron chi connectivity index (χ0n) is 13.3. The summed E-state index contributed by atoms with van der Waals surface area (Å²) in [7, 11) is 1.94. The van der Waals surface area contributed by atoms with Crippen LogP contribution in [0.2, 0.25) is 0 Å². The topological polar surface area (TPSA) is 40.6 Å². The van der Waals surface area contributed by atoms with Gasteiger partial charge in [-0.25, -0.2) is 0 Å². The zero-order valence-corrected chi connectivity index (χ0v) is 14.1. The standard InChI is InChI=1S/C17H24N2O2S/c1-12(13-5-6-13)18(2)16(20)14-7-9-19(10-8-14)17(21)15-4-3-11-22-15/h3-4,11-14H,5-10H2,1-2H3. The van der Waals surface area contributed by atoms with E-state index in [1.807, 2.05) is 34.4 Å². The lowest BCUT2D eigenvalue weighted by atomic mass is 9.94. The van der Waals surface area contributed by atoms with Crippen LogP contribution in [0.25, 0.3) is 0 Å². The highest BCUT2D eigenvalue weighted by molar-refractivity contribution is 7.12. The van der Waals surface area contributed by atoms with Crippen LogP contribution >= 0.6 is 11.3 Å². The Bertz CT molecular complexity index is 531. The fourth-order valence-electron chi connectivity index (χ4n) is 3.27. The lowest BCUT2D eigenvalue weighted by molar-refractivity contribution is -0.137. The highest BCUT2D eigenvalue weighted by atomic mass is 32.1. The molecule has 1 aliphatic heterocycles. The van der Waals surface area contributed by atoms with Crippen LogP contribution in [0, 0.1) is 11.8 Å². The summed E-state index contributed by atoms with van der Waals surface area (Å²) in [5.41, 5.74) is 0. The molecule has 1 atom stereocenters. The van der Waals surface area contributed by atoms with Gasteiger partial charge in [0.25, 0.3) is 5.91 Å². The molecule has 0 bridgehead atoms. The van der Waals surface area contributed by atoms with E-state index in [1.54, 1.807) is 0 Å². The first kappa shape index (κ1) is 15.5. The van der Waals surface area contributed by atoms with E-state index >= 15 is 0 Å². The van der Waals surface area contributed by atoms with Crippen LogP contribution in [0.15, 0.2) is 17.5 Å². The van der Waals surface area contributed by atoms with E-state index in [0.29, 0.717) is 25.0 Å². The average molecular weight is 320 g/mol. The first-order valence-electron chi connectivity index (χ1n) is 8.17. The first-order chi connectivity index (χ1) is 10.6. The summed E-state index contributed by atoms with van der Waals surface area (Å²) in [6.07, 6.45) is 4.09. The van der Waals surface area contributed by atoms with Gasteiger partial charge in [0.1, 0.15) is 0 Å². The van der Waals surface area contributed by atoms with E-state index < -0.39 is 0 Å². The van der Waals surface area contributed by atoms with Gasteiger partial charge in [-0.3, -0.25) is 9.59 Å². The quantitative estimate of drug-likeness (QED) is 0.856. The van der Waals surface area contributed by atoms with Crippen molar-refractivity contribution in [1.82, 2.24) is 9.80 Å². The van der Waals surface area contributed by atoms with E-state index in [4.69, 9.17) is 0 Å². The van der Waals surface area contributed by atoms with Crippen LogP contribution in [0.3, 0.4) is 0 Å². The Kier molecular flexibility index (Phi) is 4.52. The lowest BCUT2D eigenvalue weighted by Crippen LogP contribution is -2.45. The number of rotatable bonds is 4. The minimum absolute atomic E-state index is 0.0820. The number of likely N-dealkylation sites (tertiary alicyclic amines) is 1. The summed E-state index contributed by atoms with van der Waals surface area (Å²) >= 11 is 1.48. The van der Waals surface area contributed by atoms with Gasteiger partial charge in [-0.2, -0.15) is 0 Å².